The van der Waals surface area contributed by atoms with Gasteiger partial charge in [-0.2, -0.15) is 0 Å². The van der Waals surface area contributed by atoms with E-state index in [1.54, 1.807) is 0 Å². The van der Waals surface area contributed by atoms with Crippen molar-refractivity contribution in [3.63, 3.8) is 0 Å². The average molecular weight is 1360 g/mol. The highest BCUT2D eigenvalue weighted by molar-refractivity contribution is 5.91. The summed E-state index contributed by atoms with van der Waals surface area (Å²) in [7, 11) is 0. The van der Waals surface area contributed by atoms with Crippen molar-refractivity contribution in [1.29, 1.82) is 0 Å². The predicted molar refractivity (Wildman–Crippen MR) is 353 cm³/mol. The van der Waals surface area contributed by atoms with E-state index in [9.17, 15) is 58.2 Å². The zero-order valence-corrected chi connectivity index (χ0v) is 57.1. The number of aliphatic imine (C=N–C) groups is 2. The van der Waals surface area contributed by atoms with Crippen LogP contribution in [0.4, 0.5) is 9.59 Å². The van der Waals surface area contributed by atoms with Crippen LogP contribution in [0.2, 0.25) is 0 Å². The summed E-state index contributed by atoms with van der Waals surface area (Å²) in [4.78, 5) is 137. The molecule has 2 rings (SSSR count). The molecule has 2 fully saturated rings. The van der Waals surface area contributed by atoms with Gasteiger partial charge in [0.05, 0.1) is 76.7 Å². The molecular weight excluding hydrogens is 1240 g/mol. The highest BCUT2D eigenvalue weighted by Gasteiger charge is 2.55. The number of carbonyl (C=O) groups excluding carboxylic acids is 8. The van der Waals surface area contributed by atoms with Crippen LogP contribution in [0.3, 0.4) is 0 Å². The van der Waals surface area contributed by atoms with E-state index in [1.807, 2.05) is 34.6 Å². The summed E-state index contributed by atoms with van der Waals surface area (Å²) in [6.45, 7) is 16.0. The van der Waals surface area contributed by atoms with Gasteiger partial charge < -0.3 is 104 Å². The maximum absolute atomic E-state index is 13.5. The van der Waals surface area contributed by atoms with Crippen molar-refractivity contribution in [1.82, 2.24) is 42.5 Å². The van der Waals surface area contributed by atoms with Gasteiger partial charge in [-0.25, -0.2) is 19.6 Å². The maximum Gasteiger partial charge on any atom is 0.407 e. The quantitative estimate of drug-likeness (QED) is 0.0232. The van der Waals surface area contributed by atoms with Crippen LogP contribution in [0.1, 0.15) is 164 Å². The van der Waals surface area contributed by atoms with Gasteiger partial charge in [-0.1, -0.05) is 86.0 Å². The lowest BCUT2D eigenvalue weighted by Crippen LogP contribution is -2.52. The molecule has 0 unspecified atom stereocenters. The molecule has 18 N–H and O–H groups in total. The first-order valence-electron chi connectivity index (χ1n) is 33.9. The molecule has 32 heteroatoms. The number of nitrogens with two attached hydrogens (primary N) is 4. The molecule has 32 nitrogen and oxygen atoms in total. The molecule has 2 saturated carbocycles. The average Bonchev–Trinajstić information content (AvgIpc) is 1.65. The summed E-state index contributed by atoms with van der Waals surface area (Å²) >= 11 is 0. The molecule has 0 aromatic carbocycles. The second-order valence-electron chi connectivity index (χ2n) is 24.1. The van der Waals surface area contributed by atoms with Gasteiger partial charge in [0.25, 0.3) is 0 Å². The first-order valence-corrected chi connectivity index (χ1v) is 33.9. The number of ether oxygens (including phenoxy) is 6. The molecule has 8 amide bonds. The zero-order chi connectivity index (χ0) is 70.7. The third kappa shape index (κ3) is 33.8. The number of hydrogen-bond donors (Lipinski definition) is 14. The Morgan fingerprint density at radius 3 is 1.21 bits per heavy atom. The molecule has 2 aliphatic carbocycles. The van der Waals surface area contributed by atoms with Crippen molar-refractivity contribution in [3.05, 3.63) is 0 Å². The van der Waals surface area contributed by atoms with Crippen LogP contribution in [-0.4, -0.2) is 210 Å². The number of aliphatic carboxylic acids is 2. The molecule has 11 atom stereocenters. The van der Waals surface area contributed by atoms with Crippen molar-refractivity contribution < 1.29 is 86.6 Å². The second kappa shape index (κ2) is 48.4. The number of nitrogens with one attached hydrogen (secondary N) is 8. The number of carboxylic acids is 2. The Bertz CT molecular complexity index is 2390. The van der Waals surface area contributed by atoms with E-state index in [0.29, 0.717) is 117 Å². The summed E-state index contributed by atoms with van der Waals surface area (Å²) in [6.07, 6.45) is 4.12. The van der Waals surface area contributed by atoms with Gasteiger partial charge in [0.1, 0.15) is 18.2 Å². The number of carboxylic acid groups (broad SMARTS) is 2. The van der Waals surface area contributed by atoms with E-state index in [4.69, 9.17) is 51.4 Å². The van der Waals surface area contributed by atoms with Gasteiger partial charge in [0, 0.05) is 83.4 Å². The van der Waals surface area contributed by atoms with Crippen molar-refractivity contribution in [2.75, 3.05) is 85.6 Å². The third-order valence-corrected chi connectivity index (χ3v) is 16.9. The number of hydrogen-bond acceptors (Lipinski definition) is 18. The van der Waals surface area contributed by atoms with E-state index >= 15 is 0 Å². The minimum Gasteiger partial charge on any atom is -0.481 e. The lowest BCUT2D eigenvalue weighted by atomic mass is 9.80. The van der Waals surface area contributed by atoms with E-state index in [0.717, 1.165) is 6.42 Å². The first kappa shape index (κ1) is 83.8. The number of carbonyl (C=O) groups is 10. The fraction of sp³-hybridized carbons (Fsp3) is 0.810. The molecule has 0 heterocycles. The number of amides is 8. The largest absolute Gasteiger partial charge is 0.481 e. The highest BCUT2D eigenvalue weighted by atomic mass is 16.6. The Balaban J connectivity index is 1.90. The summed E-state index contributed by atoms with van der Waals surface area (Å²) in [5, 5.41) is 42.4. The molecule has 544 valence electrons. The Morgan fingerprint density at radius 1 is 0.463 bits per heavy atom. The highest BCUT2D eigenvalue weighted by Crippen LogP contribution is 2.43. The molecule has 0 aromatic rings. The lowest BCUT2D eigenvalue weighted by Gasteiger charge is -2.36. The van der Waals surface area contributed by atoms with Gasteiger partial charge in [-0.15, -0.1) is 0 Å². The fourth-order valence-electron chi connectivity index (χ4n) is 12.2. The topological polar surface area (TPSA) is 492 Å². The Kier molecular flexibility index (Phi) is 42.7. The van der Waals surface area contributed by atoms with E-state index in [-0.39, 0.29) is 113 Å². The zero-order valence-electron chi connectivity index (χ0n) is 57.1. The summed E-state index contributed by atoms with van der Waals surface area (Å²) in [5.74, 6) is -9.47. The van der Waals surface area contributed by atoms with E-state index in [2.05, 4.69) is 52.5 Å². The van der Waals surface area contributed by atoms with Crippen molar-refractivity contribution in [2.45, 2.75) is 206 Å². The molecule has 0 aliphatic heterocycles. The predicted octanol–water partition coefficient (Wildman–Crippen LogP) is 1.38. The smallest absolute Gasteiger partial charge is 0.407 e. The number of rotatable bonds is 51. The molecule has 0 radical (unpaired) electrons. The molecule has 0 bridgehead atoms. The van der Waals surface area contributed by atoms with Crippen molar-refractivity contribution in [2.24, 2.45) is 68.4 Å². The summed E-state index contributed by atoms with van der Waals surface area (Å²) < 4.78 is 33.5. The SMILES string of the molecule is CCCOCCOCCOCCOCCC(=O)N[C@H](CCC(=O)NCCCCCCNC(=O)O[C@H]1[C@@H]([C@H](NC(C)=O)C(CC)CC)[C@H](N=C(N)N)C[C@@H]1C(=O)O)C(=O)NCC(=O)NCCCCCCNC(=O)O[C@H]1[C@@H]([C@H](NC(C)=O)C(CC)CC)[C@H](N=C(N)N)C[C@@H]1C(=O)O. The van der Waals surface area contributed by atoms with Crippen LogP contribution in [-0.2, 0) is 66.8 Å². The normalized spacial score (nSPS) is 19.9. The number of nitrogens with zero attached hydrogens (tertiary/aromatic N) is 2. The fourth-order valence-corrected chi connectivity index (χ4v) is 12.2. The monoisotopic (exact) mass is 1350 g/mol. The first-order chi connectivity index (χ1) is 45.4. The molecular formula is C63H114N14O18. The van der Waals surface area contributed by atoms with Gasteiger partial charge in [-0.05, 0) is 63.2 Å². The second-order valence-corrected chi connectivity index (χ2v) is 24.1. The molecule has 0 spiro atoms. The Hall–Kier alpha value is -7.32. The number of unbranched alkanes of at least 4 members (excludes halogenated alkanes) is 6. The summed E-state index contributed by atoms with van der Waals surface area (Å²) in [5.41, 5.74) is 23.0. The van der Waals surface area contributed by atoms with Crippen LogP contribution < -0.4 is 65.5 Å². The van der Waals surface area contributed by atoms with Gasteiger partial charge in [0.15, 0.2) is 11.9 Å². The van der Waals surface area contributed by atoms with Gasteiger partial charge >= 0.3 is 24.1 Å². The van der Waals surface area contributed by atoms with Crippen molar-refractivity contribution >= 4 is 71.5 Å². The van der Waals surface area contributed by atoms with Crippen LogP contribution in [0.15, 0.2) is 9.98 Å². The number of alkyl carbamates (subject to hydrolysis) is 2. The van der Waals surface area contributed by atoms with Crippen LogP contribution in [0.5, 0.6) is 0 Å². The summed E-state index contributed by atoms with van der Waals surface area (Å²) in [6, 6.07) is -3.79. The molecule has 95 heavy (non-hydrogen) atoms. The lowest BCUT2D eigenvalue weighted by molar-refractivity contribution is -0.146. The Labute approximate surface area is 559 Å². The van der Waals surface area contributed by atoms with Crippen molar-refractivity contribution in [3.8, 4) is 0 Å². The van der Waals surface area contributed by atoms with Gasteiger partial charge in [0.2, 0.25) is 35.4 Å². The van der Waals surface area contributed by atoms with Crippen LogP contribution in [0, 0.1) is 35.5 Å². The van der Waals surface area contributed by atoms with Gasteiger partial charge in [-0.3, -0.25) is 38.4 Å². The Morgan fingerprint density at radius 2 is 0.842 bits per heavy atom. The number of guanidine groups is 2. The molecule has 2 aliphatic rings. The standard InChI is InChI=1S/C63H114N14O18/c1-8-28-90-30-32-92-34-35-93-33-31-91-29-23-49(81)75-45(21-22-48(80)68-24-17-13-15-19-26-70-62(88)94-55-43(58(84)85)36-46(76-60(64)65)51(55)53(73-39(6)78)41(9-2)10-3)57(83)72-38-50(82)69-25-18-14-16-20-27-71-63(89)95-56-44(59(86)87)37-47(77-61(66)67)52(56)54(74-40(7)79)42(11-4)12-5/h41-47,51-56H,8-38H2,1-7H3,(H,68,80)(H,69,82)(H,70,88)(H,71,89)(H,72,83)(H,73,78)(H,74,79)(H,75,81)(H,84,85)(H,86,87)(H4,64,65,76)(H4,66,67,77)/t43-,44-,45+,46+,47+,51+,52+,53+,54+,55+,56+/m0/s1. The maximum atomic E-state index is 13.5. The molecule has 0 saturated heterocycles. The molecule has 0 aromatic heterocycles. The van der Waals surface area contributed by atoms with E-state index < -0.39 is 114 Å². The minimum absolute atomic E-state index is 0.00317. The van der Waals surface area contributed by atoms with Crippen LogP contribution in [0.25, 0.3) is 0 Å². The van der Waals surface area contributed by atoms with E-state index in [1.165, 1.54) is 13.8 Å². The minimum atomic E-state index is -1.19. The van der Waals surface area contributed by atoms with Crippen LogP contribution >= 0.6 is 0 Å². The third-order valence-electron chi connectivity index (χ3n) is 16.9.